The van der Waals surface area contributed by atoms with E-state index in [-0.39, 0.29) is 12.1 Å². The molecule has 0 amide bonds. The summed E-state index contributed by atoms with van der Waals surface area (Å²) in [5.41, 5.74) is 0. The fourth-order valence-electron chi connectivity index (χ4n) is 3.72. The van der Waals surface area contributed by atoms with Crippen LogP contribution in [0.15, 0.2) is 0 Å². The van der Waals surface area contributed by atoms with E-state index in [1.807, 2.05) is 0 Å². The van der Waals surface area contributed by atoms with Gasteiger partial charge in [0.2, 0.25) is 0 Å². The third kappa shape index (κ3) is 4.91. The molecule has 1 aliphatic heterocycles. The van der Waals surface area contributed by atoms with Crippen LogP contribution in [-0.4, -0.2) is 56.4 Å². The van der Waals surface area contributed by atoms with Crippen molar-refractivity contribution in [3.8, 4) is 0 Å². The molecular formula is C16H33N3O2S. The summed E-state index contributed by atoms with van der Waals surface area (Å²) in [6.45, 7) is 7.08. The first-order valence-electron chi connectivity index (χ1n) is 8.87. The lowest BCUT2D eigenvalue weighted by Crippen LogP contribution is -2.50. The fourth-order valence-corrected chi connectivity index (χ4v) is 4.98. The summed E-state index contributed by atoms with van der Waals surface area (Å²) >= 11 is 0. The molecule has 0 unspecified atom stereocenters. The lowest BCUT2D eigenvalue weighted by molar-refractivity contribution is 0.139. The molecule has 1 heterocycles. The van der Waals surface area contributed by atoms with Crippen LogP contribution in [0.5, 0.6) is 0 Å². The molecule has 0 aromatic heterocycles. The highest BCUT2D eigenvalue weighted by Gasteiger charge is 2.28. The number of nitrogens with zero attached hydrogens (tertiary/aromatic N) is 2. The molecule has 0 aromatic rings. The Hall–Kier alpha value is -0.170. The molecule has 2 aliphatic rings. The van der Waals surface area contributed by atoms with Gasteiger partial charge in [0, 0.05) is 32.2 Å². The molecule has 22 heavy (non-hydrogen) atoms. The van der Waals surface area contributed by atoms with Crippen LogP contribution in [-0.2, 0) is 10.2 Å². The standard InChI is InChI=1S/C16H33N3O2S/c1-14-8-7-11-19(13-14)15(2)12-17-22(20,21)18(3)16-9-5-4-6-10-16/h14-17H,4-13H2,1-3H3/t14-,15+/m1/s1. The first-order chi connectivity index (χ1) is 10.4. The molecule has 1 N–H and O–H groups in total. The van der Waals surface area contributed by atoms with Crippen molar-refractivity contribution in [2.45, 2.75) is 70.9 Å². The summed E-state index contributed by atoms with van der Waals surface area (Å²) in [7, 11) is -1.62. The molecule has 5 nitrogen and oxygen atoms in total. The molecule has 2 fully saturated rings. The highest BCUT2D eigenvalue weighted by Crippen LogP contribution is 2.23. The van der Waals surface area contributed by atoms with Crippen molar-refractivity contribution in [1.82, 2.24) is 13.9 Å². The lowest BCUT2D eigenvalue weighted by Gasteiger charge is -2.36. The first-order valence-corrected chi connectivity index (χ1v) is 10.3. The maximum absolute atomic E-state index is 12.5. The first kappa shape index (κ1) is 18.2. The van der Waals surface area contributed by atoms with Gasteiger partial charge in [-0.05, 0) is 45.1 Å². The molecule has 2 atom stereocenters. The summed E-state index contributed by atoms with van der Waals surface area (Å²) < 4.78 is 29.3. The van der Waals surface area contributed by atoms with Crippen LogP contribution in [0.2, 0.25) is 0 Å². The van der Waals surface area contributed by atoms with E-state index in [2.05, 4.69) is 23.5 Å². The Labute approximate surface area is 136 Å². The van der Waals surface area contributed by atoms with Crippen molar-refractivity contribution in [3.63, 3.8) is 0 Å². The molecule has 1 aliphatic carbocycles. The zero-order chi connectivity index (χ0) is 16.2. The highest BCUT2D eigenvalue weighted by molar-refractivity contribution is 7.87. The minimum atomic E-state index is -3.35. The van der Waals surface area contributed by atoms with Crippen molar-refractivity contribution < 1.29 is 8.42 Å². The summed E-state index contributed by atoms with van der Waals surface area (Å²) in [4.78, 5) is 2.41. The quantitative estimate of drug-likeness (QED) is 0.812. The number of hydrogen-bond donors (Lipinski definition) is 1. The number of piperidine rings is 1. The zero-order valence-electron chi connectivity index (χ0n) is 14.4. The van der Waals surface area contributed by atoms with Crippen LogP contribution >= 0.6 is 0 Å². The third-order valence-electron chi connectivity index (χ3n) is 5.34. The maximum atomic E-state index is 12.5. The molecule has 0 spiro atoms. The number of nitrogens with one attached hydrogen (secondary N) is 1. The van der Waals surface area contributed by atoms with Crippen molar-refractivity contribution in [2.75, 3.05) is 26.7 Å². The Balaban J connectivity index is 1.83. The number of likely N-dealkylation sites (tertiary alicyclic amines) is 1. The van der Waals surface area contributed by atoms with Gasteiger partial charge in [-0.2, -0.15) is 12.7 Å². The van der Waals surface area contributed by atoms with Crippen LogP contribution < -0.4 is 4.72 Å². The van der Waals surface area contributed by atoms with Crippen molar-refractivity contribution >= 4 is 10.2 Å². The second kappa shape index (κ2) is 8.08. The van der Waals surface area contributed by atoms with Gasteiger partial charge in [0.25, 0.3) is 10.2 Å². The van der Waals surface area contributed by atoms with Crippen LogP contribution in [0.3, 0.4) is 0 Å². The van der Waals surface area contributed by atoms with Crippen LogP contribution in [0.25, 0.3) is 0 Å². The molecule has 0 bridgehead atoms. The van der Waals surface area contributed by atoms with E-state index in [1.54, 1.807) is 11.4 Å². The van der Waals surface area contributed by atoms with E-state index in [0.717, 1.165) is 44.7 Å². The van der Waals surface area contributed by atoms with Gasteiger partial charge >= 0.3 is 0 Å². The average molecular weight is 332 g/mol. The van der Waals surface area contributed by atoms with Crippen LogP contribution in [0, 0.1) is 5.92 Å². The summed E-state index contributed by atoms with van der Waals surface area (Å²) in [5.74, 6) is 0.720. The molecule has 0 radical (unpaired) electrons. The van der Waals surface area contributed by atoms with Gasteiger partial charge in [0.05, 0.1) is 0 Å². The van der Waals surface area contributed by atoms with Gasteiger partial charge in [-0.25, -0.2) is 4.72 Å². The minimum absolute atomic E-state index is 0.177. The minimum Gasteiger partial charge on any atom is -0.299 e. The predicted molar refractivity (Wildman–Crippen MR) is 91.0 cm³/mol. The van der Waals surface area contributed by atoms with E-state index in [0.29, 0.717) is 6.54 Å². The largest absolute Gasteiger partial charge is 0.299 e. The second-order valence-electron chi connectivity index (χ2n) is 7.25. The smallest absolute Gasteiger partial charge is 0.279 e. The average Bonchev–Trinajstić information content (AvgIpc) is 2.52. The topological polar surface area (TPSA) is 52.7 Å². The predicted octanol–water partition coefficient (Wildman–Crippen LogP) is 2.21. The summed E-state index contributed by atoms with van der Waals surface area (Å²) in [5, 5.41) is 0. The Bertz CT molecular complexity index is 435. The van der Waals surface area contributed by atoms with Gasteiger partial charge in [0.1, 0.15) is 0 Å². The zero-order valence-corrected chi connectivity index (χ0v) is 15.2. The van der Waals surface area contributed by atoms with E-state index >= 15 is 0 Å². The molecule has 6 heteroatoms. The summed E-state index contributed by atoms with van der Waals surface area (Å²) in [6, 6.07) is 0.439. The van der Waals surface area contributed by atoms with E-state index < -0.39 is 10.2 Å². The normalized spacial score (nSPS) is 27.2. The third-order valence-corrected chi connectivity index (χ3v) is 6.93. The Morgan fingerprint density at radius 3 is 2.50 bits per heavy atom. The fraction of sp³-hybridized carbons (Fsp3) is 1.00. The summed E-state index contributed by atoms with van der Waals surface area (Å²) in [6.07, 6.45) is 8.04. The van der Waals surface area contributed by atoms with Crippen molar-refractivity contribution in [3.05, 3.63) is 0 Å². The van der Waals surface area contributed by atoms with Gasteiger partial charge in [-0.1, -0.05) is 26.2 Å². The van der Waals surface area contributed by atoms with Gasteiger partial charge in [0.15, 0.2) is 0 Å². The van der Waals surface area contributed by atoms with Crippen LogP contribution in [0.1, 0.15) is 58.8 Å². The maximum Gasteiger partial charge on any atom is 0.279 e. The van der Waals surface area contributed by atoms with Gasteiger partial charge in [-0.3, -0.25) is 4.90 Å². The lowest BCUT2D eigenvalue weighted by atomic mass is 9.96. The molecule has 130 valence electrons. The highest BCUT2D eigenvalue weighted by atomic mass is 32.2. The van der Waals surface area contributed by atoms with Gasteiger partial charge < -0.3 is 0 Å². The number of rotatable bonds is 6. The SMILES string of the molecule is C[C@@H]1CCCN([C@@H](C)CNS(=O)(=O)N(C)C2CCCCC2)C1. The molecule has 2 rings (SSSR count). The monoisotopic (exact) mass is 331 g/mol. The van der Waals surface area contributed by atoms with E-state index in [9.17, 15) is 8.42 Å². The second-order valence-corrected chi connectivity index (χ2v) is 9.07. The molecular weight excluding hydrogens is 298 g/mol. The number of hydrogen-bond acceptors (Lipinski definition) is 3. The van der Waals surface area contributed by atoms with E-state index in [4.69, 9.17) is 0 Å². The Morgan fingerprint density at radius 2 is 1.86 bits per heavy atom. The van der Waals surface area contributed by atoms with Crippen LogP contribution in [0.4, 0.5) is 0 Å². The van der Waals surface area contributed by atoms with Crippen molar-refractivity contribution in [2.24, 2.45) is 5.92 Å². The van der Waals surface area contributed by atoms with Gasteiger partial charge in [-0.15, -0.1) is 0 Å². The van der Waals surface area contributed by atoms with Crippen molar-refractivity contribution in [1.29, 1.82) is 0 Å². The Kier molecular flexibility index (Phi) is 6.68. The Morgan fingerprint density at radius 1 is 1.18 bits per heavy atom. The molecule has 1 saturated carbocycles. The van der Waals surface area contributed by atoms with E-state index in [1.165, 1.54) is 19.3 Å². The molecule has 0 aromatic carbocycles. The molecule has 1 saturated heterocycles.